The molecule has 3 rings (SSSR count). The zero-order chi connectivity index (χ0) is 22.6. The Morgan fingerprint density at radius 3 is 2.65 bits per heavy atom. The van der Waals surface area contributed by atoms with Crippen molar-refractivity contribution in [2.45, 2.75) is 25.5 Å². The maximum absolute atomic E-state index is 12.9. The average molecular weight is 487 g/mol. The molecule has 0 saturated heterocycles. The second-order valence-corrected chi connectivity index (χ2v) is 8.65. The van der Waals surface area contributed by atoms with Crippen molar-refractivity contribution >= 4 is 33.4 Å². The number of aliphatic hydroxyl groups excluding tert-OH is 1. The normalized spacial score (nSPS) is 19.0. The molecule has 7 heteroatoms. The molecule has 1 aliphatic rings. The zero-order valence-electron chi connectivity index (χ0n) is 17.7. The summed E-state index contributed by atoms with van der Waals surface area (Å²) >= 11 is 3.41. The van der Waals surface area contributed by atoms with Crippen LogP contribution in [0.1, 0.15) is 24.5 Å². The number of hydrogen-bond acceptors (Lipinski definition) is 4. The number of fused-ring (bicyclic) bond motifs is 1. The van der Waals surface area contributed by atoms with Crippen LogP contribution in [0.4, 0.5) is 5.69 Å². The fraction of sp³-hybridized carbons (Fsp3) is 0.333. The third kappa shape index (κ3) is 4.74. The van der Waals surface area contributed by atoms with E-state index in [4.69, 9.17) is 0 Å². The molecule has 0 bridgehead atoms. The van der Waals surface area contributed by atoms with Crippen LogP contribution in [0, 0.1) is 5.92 Å². The number of hydrogen-bond donors (Lipinski definition) is 2. The van der Waals surface area contributed by atoms with E-state index >= 15 is 0 Å². The molecule has 6 nitrogen and oxygen atoms in total. The SMILES string of the molecule is C[C@H](/C=C/CC(=O)N(CCO)Cc1ccccc1)[C@@]1(O)C(=O)N(C)c2ccc(Br)cc21. The van der Waals surface area contributed by atoms with E-state index in [9.17, 15) is 19.8 Å². The number of carbonyl (C=O) groups excluding carboxylic acids is 2. The lowest BCUT2D eigenvalue weighted by Crippen LogP contribution is -2.43. The Hall–Kier alpha value is -2.48. The fourth-order valence-corrected chi connectivity index (χ4v) is 4.25. The second-order valence-electron chi connectivity index (χ2n) is 7.74. The van der Waals surface area contributed by atoms with Gasteiger partial charge in [0.2, 0.25) is 5.91 Å². The lowest BCUT2D eigenvalue weighted by Gasteiger charge is -2.27. The summed E-state index contributed by atoms with van der Waals surface area (Å²) in [6.45, 7) is 2.30. The number of aliphatic hydroxyl groups is 2. The lowest BCUT2D eigenvalue weighted by atomic mass is 9.83. The van der Waals surface area contributed by atoms with E-state index in [-0.39, 0.29) is 25.5 Å². The minimum atomic E-state index is -1.69. The molecule has 0 unspecified atom stereocenters. The highest BCUT2D eigenvalue weighted by Crippen LogP contribution is 2.45. The molecule has 2 atom stereocenters. The molecule has 1 heterocycles. The smallest absolute Gasteiger partial charge is 0.264 e. The van der Waals surface area contributed by atoms with Crippen molar-refractivity contribution in [3.8, 4) is 0 Å². The Morgan fingerprint density at radius 2 is 1.97 bits per heavy atom. The molecule has 2 amide bonds. The lowest BCUT2D eigenvalue weighted by molar-refractivity contribution is -0.139. The van der Waals surface area contributed by atoms with Gasteiger partial charge in [0.25, 0.3) is 5.91 Å². The summed E-state index contributed by atoms with van der Waals surface area (Å²) in [6, 6.07) is 15.0. The Bertz CT molecular complexity index is 979. The molecule has 0 spiro atoms. The van der Waals surface area contributed by atoms with E-state index in [1.165, 1.54) is 4.90 Å². The minimum absolute atomic E-state index is 0.114. The van der Waals surface area contributed by atoms with Crippen molar-refractivity contribution in [2.24, 2.45) is 5.92 Å². The van der Waals surface area contributed by atoms with Gasteiger partial charge in [-0.25, -0.2) is 0 Å². The van der Waals surface area contributed by atoms with Gasteiger partial charge in [-0.2, -0.15) is 0 Å². The van der Waals surface area contributed by atoms with Crippen molar-refractivity contribution < 1.29 is 19.8 Å². The topological polar surface area (TPSA) is 81.1 Å². The van der Waals surface area contributed by atoms with Crippen molar-refractivity contribution in [1.82, 2.24) is 4.90 Å². The van der Waals surface area contributed by atoms with Gasteiger partial charge in [0, 0.05) is 42.5 Å². The Balaban J connectivity index is 1.72. The predicted octanol–water partition coefficient (Wildman–Crippen LogP) is 3.22. The fourth-order valence-electron chi connectivity index (χ4n) is 3.88. The van der Waals surface area contributed by atoms with Gasteiger partial charge >= 0.3 is 0 Å². The summed E-state index contributed by atoms with van der Waals surface area (Å²) in [5, 5.41) is 20.7. The molecule has 164 valence electrons. The van der Waals surface area contributed by atoms with Gasteiger partial charge in [-0.15, -0.1) is 0 Å². The average Bonchev–Trinajstić information content (AvgIpc) is 2.95. The van der Waals surface area contributed by atoms with Gasteiger partial charge in [-0.05, 0) is 23.8 Å². The maximum Gasteiger partial charge on any atom is 0.264 e. The molecule has 31 heavy (non-hydrogen) atoms. The van der Waals surface area contributed by atoms with Crippen LogP contribution in [0.3, 0.4) is 0 Å². The molecule has 2 aromatic carbocycles. The Kier molecular flexibility index (Phi) is 7.30. The minimum Gasteiger partial charge on any atom is -0.395 e. The van der Waals surface area contributed by atoms with Crippen LogP contribution in [0.5, 0.6) is 0 Å². The third-order valence-corrected chi connectivity index (χ3v) is 6.17. The summed E-state index contributed by atoms with van der Waals surface area (Å²) in [7, 11) is 1.64. The third-order valence-electron chi connectivity index (χ3n) is 5.68. The monoisotopic (exact) mass is 486 g/mol. The first kappa shape index (κ1) is 23.2. The number of halogens is 1. The standard InChI is InChI=1S/C24H27BrN2O4/c1-17(24(31)20-15-19(25)11-12-21(20)26(2)23(24)30)7-6-10-22(29)27(13-14-28)16-18-8-4-3-5-9-18/h3-9,11-12,15,17,28,31H,10,13-14,16H2,1-2H3/b7-6+/t17-,24+/m1/s1. The number of amides is 2. The quantitative estimate of drug-likeness (QED) is 0.561. The molecule has 0 aromatic heterocycles. The van der Waals surface area contributed by atoms with Crippen molar-refractivity contribution in [3.63, 3.8) is 0 Å². The summed E-state index contributed by atoms with van der Waals surface area (Å²) in [4.78, 5) is 28.6. The molecule has 1 aliphatic heterocycles. The van der Waals surface area contributed by atoms with Gasteiger partial charge in [0.05, 0.1) is 12.3 Å². The highest BCUT2D eigenvalue weighted by molar-refractivity contribution is 9.10. The van der Waals surface area contributed by atoms with Crippen LogP contribution in [-0.4, -0.2) is 47.1 Å². The van der Waals surface area contributed by atoms with Crippen LogP contribution < -0.4 is 4.90 Å². The summed E-state index contributed by atoms with van der Waals surface area (Å²) < 4.78 is 0.777. The summed E-state index contributed by atoms with van der Waals surface area (Å²) in [6.07, 6.45) is 3.51. The highest BCUT2D eigenvalue weighted by Gasteiger charge is 2.51. The van der Waals surface area contributed by atoms with Crippen molar-refractivity contribution in [3.05, 3.63) is 76.3 Å². The van der Waals surface area contributed by atoms with Gasteiger partial charge in [0.15, 0.2) is 5.60 Å². The highest BCUT2D eigenvalue weighted by atomic mass is 79.9. The van der Waals surface area contributed by atoms with E-state index in [0.29, 0.717) is 17.8 Å². The van der Waals surface area contributed by atoms with Crippen molar-refractivity contribution in [2.75, 3.05) is 25.1 Å². The van der Waals surface area contributed by atoms with E-state index in [2.05, 4.69) is 15.9 Å². The van der Waals surface area contributed by atoms with Crippen LogP contribution in [-0.2, 0) is 21.7 Å². The van der Waals surface area contributed by atoms with E-state index in [1.54, 1.807) is 43.2 Å². The van der Waals surface area contributed by atoms with Crippen molar-refractivity contribution in [1.29, 1.82) is 0 Å². The van der Waals surface area contributed by atoms with Crippen LogP contribution in [0.2, 0.25) is 0 Å². The first-order valence-electron chi connectivity index (χ1n) is 10.2. The molecule has 2 N–H and O–H groups in total. The van der Waals surface area contributed by atoms with Crippen LogP contribution in [0.25, 0.3) is 0 Å². The number of anilines is 1. The number of likely N-dealkylation sites (N-methyl/N-ethyl adjacent to an activating group) is 1. The molecule has 0 saturated carbocycles. The largest absolute Gasteiger partial charge is 0.395 e. The summed E-state index contributed by atoms with van der Waals surface area (Å²) in [5.41, 5.74) is 0.507. The second kappa shape index (κ2) is 9.77. The molecular weight excluding hydrogens is 460 g/mol. The molecule has 0 fully saturated rings. The van der Waals surface area contributed by atoms with Gasteiger partial charge < -0.3 is 20.0 Å². The van der Waals surface area contributed by atoms with Crippen LogP contribution in [0.15, 0.2) is 65.2 Å². The molecule has 0 radical (unpaired) electrons. The first-order chi connectivity index (χ1) is 14.8. The molecule has 0 aliphatic carbocycles. The molecule has 2 aromatic rings. The maximum atomic E-state index is 12.9. The number of nitrogens with zero attached hydrogens (tertiary/aromatic N) is 2. The van der Waals surface area contributed by atoms with E-state index in [1.807, 2.05) is 36.4 Å². The number of rotatable bonds is 8. The van der Waals surface area contributed by atoms with Gasteiger partial charge in [0.1, 0.15) is 0 Å². The van der Waals surface area contributed by atoms with E-state index < -0.39 is 17.4 Å². The zero-order valence-corrected chi connectivity index (χ0v) is 19.2. The van der Waals surface area contributed by atoms with E-state index in [0.717, 1.165) is 10.0 Å². The first-order valence-corrected chi connectivity index (χ1v) is 11.0. The Morgan fingerprint density at radius 1 is 1.26 bits per heavy atom. The number of benzene rings is 2. The van der Waals surface area contributed by atoms with Crippen LogP contribution >= 0.6 is 15.9 Å². The summed E-state index contributed by atoms with van der Waals surface area (Å²) in [5.74, 6) is -1.06. The van der Waals surface area contributed by atoms with Gasteiger partial charge in [-0.3, -0.25) is 9.59 Å². The molecular formula is C24H27BrN2O4. The predicted molar refractivity (Wildman–Crippen MR) is 123 cm³/mol. The number of carbonyl (C=O) groups is 2. The van der Waals surface area contributed by atoms with Gasteiger partial charge in [-0.1, -0.05) is 65.3 Å². The Labute approximate surface area is 190 Å².